The summed E-state index contributed by atoms with van der Waals surface area (Å²) in [5.41, 5.74) is -0.185. The number of rotatable bonds is 9. The van der Waals surface area contributed by atoms with E-state index in [1.807, 2.05) is 0 Å². The van der Waals surface area contributed by atoms with Crippen LogP contribution in [0.15, 0.2) is 52.3 Å². The van der Waals surface area contributed by atoms with E-state index in [1.165, 1.54) is 11.8 Å². The van der Waals surface area contributed by atoms with Crippen LogP contribution in [-0.4, -0.2) is 37.9 Å². The molecule has 1 atom stereocenters. The topological polar surface area (TPSA) is 92.7 Å². The fraction of sp³-hybridized carbons (Fsp3) is 0.316. The van der Waals surface area contributed by atoms with Crippen LogP contribution in [0.5, 0.6) is 5.75 Å². The summed E-state index contributed by atoms with van der Waals surface area (Å²) in [6.07, 6.45) is -4.53. The Kier molecular flexibility index (Phi) is 7.78. The zero-order chi connectivity index (χ0) is 22.5. The Bertz CT molecular complexity index is 992. The molecular weight excluding hydrogens is 443 g/mol. The number of nitrogens with one attached hydrogen (secondary N) is 1. The van der Waals surface area contributed by atoms with Crippen LogP contribution in [0.4, 0.5) is 13.2 Å². The number of thioether (sulfide) groups is 1. The van der Waals surface area contributed by atoms with Crippen molar-refractivity contribution < 1.29 is 36.2 Å². The summed E-state index contributed by atoms with van der Waals surface area (Å²) in [5.74, 6) is -0.640. The number of hydrogen-bond donors (Lipinski definition) is 2. The molecule has 1 unspecified atom stereocenters. The Balaban J connectivity index is 1.95. The van der Waals surface area contributed by atoms with Gasteiger partial charge in [0.05, 0.1) is 10.5 Å². The van der Waals surface area contributed by atoms with E-state index in [4.69, 9.17) is 9.84 Å². The normalized spacial score (nSPS) is 13.1. The van der Waals surface area contributed by atoms with Crippen molar-refractivity contribution in [2.24, 2.45) is 0 Å². The number of carboxylic acid groups (broad SMARTS) is 1. The Morgan fingerprint density at radius 1 is 1.20 bits per heavy atom. The molecule has 0 aliphatic carbocycles. The minimum atomic E-state index is -4.53. The third kappa shape index (κ3) is 6.92. The van der Waals surface area contributed by atoms with E-state index < -0.39 is 34.3 Å². The molecule has 2 aromatic rings. The number of aliphatic carboxylic acids is 1. The Hall–Kier alpha value is -2.24. The molecule has 0 aromatic heterocycles. The molecular formula is C19H20F3NO5S2. The first kappa shape index (κ1) is 24.0. The molecule has 0 bridgehead atoms. The van der Waals surface area contributed by atoms with Crippen molar-refractivity contribution in [3.63, 3.8) is 0 Å². The monoisotopic (exact) mass is 463 g/mol. The Morgan fingerprint density at radius 3 is 2.37 bits per heavy atom. The molecule has 0 spiro atoms. The van der Waals surface area contributed by atoms with Crippen LogP contribution in [0.25, 0.3) is 0 Å². The van der Waals surface area contributed by atoms with E-state index in [2.05, 4.69) is 4.72 Å². The first-order chi connectivity index (χ1) is 13.9. The molecule has 2 rings (SSSR count). The average Bonchev–Trinajstić information content (AvgIpc) is 2.65. The summed E-state index contributed by atoms with van der Waals surface area (Å²) in [7, 11) is -3.95. The summed E-state index contributed by atoms with van der Waals surface area (Å²) >= 11 is 1.38. The lowest BCUT2D eigenvalue weighted by atomic mass is 10.2. The van der Waals surface area contributed by atoms with Crippen LogP contribution in [0.1, 0.15) is 18.1 Å². The zero-order valence-corrected chi connectivity index (χ0v) is 17.7. The van der Waals surface area contributed by atoms with Crippen molar-refractivity contribution in [1.29, 1.82) is 0 Å². The Labute approximate surface area is 176 Å². The first-order valence-corrected chi connectivity index (χ1v) is 11.0. The lowest BCUT2D eigenvalue weighted by molar-refractivity contribution is -0.139. The van der Waals surface area contributed by atoms with E-state index in [1.54, 1.807) is 32.0 Å². The van der Waals surface area contributed by atoms with Gasteiger partial charge in [0.15, 0.2) is 6.61 Å². The maximum absolute atomic E-state index is 12.6. The van der Waals surface area contributed by atoms with E-state index in [0.717, 1.165) is 34.7 Å². The summed E-state index contributed by atoms with van der Waals surface area (Å²) in [6.45, 7) is 3.17. The molecule has 0 aliphatic heterocycles. The average molecular weight is 463 g/mol. The van der Waals surface area contributed by atoms with Gasteiger partial charge in [-0.2, -0.15) is 13.2 Å². The van der Waals surface area contributed by atoms with Gasteiger partial charge in [-0.3, -0.25) is 0 Å². The molecule has 0 heterocycles. The highest BCUT2D eigenvalue weighted by atomic mass is 32.2. The summed E-state index contributed by atoms with van der Waals surface area (Å²) in [4.78, 5) is 11.2. The molecule has 0 fully saturated rings. The lowest BCUT2D eigenvalue weighted by Gasteiger charge is -2.15. The van der Waals surface area contributed by atoms with Crippen molar-refractivity contribution in [3.05, 3.63) is 53.6 Å². The first-order valence-electron chi connectivity index (χ1n) is 8.67. The summed E-state index contributed by atoms with van der Waals surface area (Å²) in [6, 6.07) is 8.45. The number of ether oxygens (including phenoxy) is 1. The summed E-state index contributed by atoms with van der Waals surface area (Å²) < 4.78 is 70.0. The van der Waals surface area contributed by atoms with Gasteiger partial charge >= 0.3 is 12.1 Å². The van der Waals surface area contributed by atoms with Crippen LogP contribution in [-0.2, 0) is 21.0 Å². The quantitative estimate of drug-likeness (QED) is 0.548. The standard InChI is InChI=1S/C19H20F3NO5S2/c1-12-9-15(5-8-17(12)28-11-18(24)25)29-13(2)10-23-30(26,27)16-6-3-14(4-7-16)19(20,21)22/h3-9,13,23H,10-11H2,1-2H3,(H,24,25). The van der Waals surface area contributed by atoms with Crippen LogP contribution < -0.4 is 9.46 Å². The number of carboxylic acids is 1. The molecule has 0 saturated carbocycles. The molecule has 0 amide bonds. The van der Waals surface area contributed by atoms with E-state index in [9.17, 15) is 26.4 Å². The molecule has 0 aliphatic rings. The third-order valence-corrected chi connectivity index (χ3v) is 6.42. The number of carbonyl (C=O) groups is 1. The second-order valence-electron chi connectivity index (χ2n) is 6.41. The van der Waals surface area contributed by atoms with Crippen molar-refractivity contribution >= 4 is 27.8 Å². The minimum Gasteiger partial charge on any atom is -0.482 e. The highest BCUT2D eigenvalue weighted by Crippen LogP contribution is 2.30. The van der Waals surface area contributed by atoms with Crippen LogP contribution >= 0.6 is 11.8 Å². The highest BCUT2D eigenvalue weighted by Gasteiger charge is 2.30. The predicted octanol–water partition coefficient (Wildman–Crippen LogP) is 3.94. The van der Waals surface area contributed by atoms with Gasteiger partial charge < -0.3 is 9.84 Å². The van der Waals surface area contributed by atoms with Crippen LogP contribution in [0.2, 0.25) is 0 Å². The van der Waals surface area contributed by atoms with Gasteiger partial charge in [-0.25, -0.2) is 17.9 Å². The van der Waals surface area contributed by atoms with Crippen LogP contribution in [0, 0.1) is 6.92 Å². The number of aryl methyl sites for hydroxylation is 1. The van der Waals surface area contributed by atoms with Crippen molar-refractivity contribution in [1.82, 2.24) is 4.72 Å². The van der Waals surface area contributed by atoms with Crippen LogP contribution in [0.3, 0.4) is 0 Å². The fourth-order valence-electron chi connectivity index (χ4n) is 2.40. The molecule has 11 heteroatoms. The second-order valence-corrected chi connectivity index (χ2v) is 9.69. The van der Waals surface area contributed by atoms with E-state index in [-0.39, 0.29) is 16.7 Å². The number of hydrogen-bond acceptors (Lipinski definition) is 5. The smallest absolute Gasteiger partial charge is 0.416 e. The van der Waals surface area contributed by atoms with E-state index >= 15 is 0 Å². The summed E-state index contributed by atoms with van der Waals surface area (Å²) in [5, 5.41) is 8.48. The van der Waals surface area contributed by atoms with Gasteiger partial charge in [-0.15, -0.1) is 11.8 Å². The van der Waals surface area contributed by atoms with Crippen molar-refractivity contribution in [3.8, 4) is 5.75 Å². The van der Waals surface area contributed by atoms with Gasteiger partial charge in [0.2, 0.25) is 10.0 Å². The molecule has 2 N–H and O–H groups in total. The SMILES string of the molecule is Cc1cc(SC(C)CNS(=O)(=O)c2ccc(C(F)(F)F)cc2)ccc1OCC(=O)O. The number of benzene rings is 2. The van der Waals surface area contributed by atoms with Crippen molar-refractivity contribution in [2.75, 3.05) is 13.2 Å². The largest absolute Gasteiger partial charge is 0.482 e. The fourth-order valence-corrected chi connectivity index (χ4v) is 4.66. The lowest BCUT2D eigenvalue weighted by Crippen LogP contribution is -2.29. The van der Waals surface area contributed by atoms with Gasteiger partial charge in [-0.05, 0) is 55.0 Å². The maximum Gasteiger partial charge on any atom is 0.416 e. The molecule has 164 valence electrons. The van der Waals surface area contributed by atoms with Crippen molar-refractivity contribution in [2.45, 2.75) is 35.1 Å². The number of sulfonamides is 1. The van der Waals surface area contributed by atoms with E-state index in [0.29, 0.717) is 5.75 Å². The third-order valence-electron chi connectivity index (χ3n) is 3.89. The van der Waals surface area contributed by atoms with Gasteiger partial charge in [0.1, 0.15) is 5.75 Å². The molecule has 2 aromatic carbocycles. The predicted molar refractivity (Wildman–Crippen MR) is 106 cm³/mol. The number of halogens is 3. The molecule has 0 radical (unpaired) electrons. The zero-order valence-electron chi connectivity index (χ0n) is 16.1. The molecule has 30 heavy (non-hydrogen) atoms. The van der Waals surface area contributed by atoms with Gasteiger partial charge in [0, 0.05) is 16.7 Å². The minimum absolute atomic E-state index is 0.0599. The Morgan fingerprint density at radius 2 is 1.83 bits per heavy atom. The van der Waals surface area contributed by atoms with Gasteiger partial charge in [0.25, 0.3) is 0 Å². The van der Waals surface area contributed by atoms with Gasteiger partial charge in [-0.1, -0.05) is 6.92 Å². The molecule has 6 nitrogen and oxygen atoms in total. The molecule has 0 saturated heterocycles. The highest BCUT2D eigenvalue weighted by molar-refractivity contribution is 8.00. The maximum atomic E-state index is 12.6. The second kappa shape index (κ2) is 9.71. The number of alkyl halides is 3.